The van der Waals surface area contributed by atoms with Crippen LogP contribution in [-0.2, 0) is 10.0 Å². The lowest BCUT2D eigenvalue weighted by Gasteiger charge is -2.16. The van der Waals surface area contributed by atoms with Crippen LogP contribution in [-0.4, -0.2) is 15.0 Å². The number of benzene rings is 1. The molecule has 0 fully saturated rings. The molecule has 0 aliphatic heterocycles. The molecule has 0 spiro atoms. The van der Waals surface area contributed by atoms with E-state index in [1.807, 2.05) is 13.8 Å². The molecule has 1 rings (SSSR count). The highest BCUT2D eigenvalue weighted by atomic mass is 32.2. The summed E-state index contributed by atoms with van der Waals surface area (Å²) in [6.45, 7) is 8.51. The Bertz CT molecular complexity index is 493. The Morgan fingerprint density at radius 2 is 1.63 bits per heavy atom. The summed E-state index contributed by atoms with van der Waals surface area (Å²) >= 11 is 0. The number of rotatable bonds is 6. The van der Waals surface area contributed by atoms with E-state index in [4.69, 9.17) is 5.73 Å². The minimum absolute atomic E-state index is 0.0920. The smallest absolute Gasteiger partial charge is 0.240 e. The lowest BCUT2D eigenvalue weighted by atomic mass is 9.99. The van der Waals surface area contributed by atoms with Gasteiger partial charge in [0.1, 0.15) is 0 Å². The van der Waals surface area contributed by atoms with E-state index in [-0.39, 0.29) is 10.9 Å². The van der Waals surface area contributed by atoms with Crippen LogP contribution >= 0.6 is 0 Å². The van der Waals surface area contributed by atoms with Gasteiger partial charge in [0, 0.05) is 12.6 Å². The number of hydrogen-bond acceptors (Lipinski definition) is 3. The molecule has 4 nitrogen and oxygen atoms in total. The molecule has 0 aliphatic carbocycles. The van der Waals surface area contributed by atoms with Crippen LogP contribution in [0.1, 0.15) is 39.3 Å². The van der Waals surface area contributed by atoms with Crippen LogP contribution < -0.4 is 10.5 Å². The maximum absolute atomic E-state index is 12.1. The summed E-state index contributed by atoms with van der Waals surface area (Å²) in [5, 5.41) is 0. The van der Waals surface area contributed by atoms with E-state index in [2.05, 4.69) is 18.6 Å². The van der Waals surface area contributed by atoms with Crippen molar-refractivity contribution >= 4 is 10.0 Å². The van der Waals surface area contributed by atoms with E-state index in [0.717, 1.165) is 5.56 Å². The molecule has 1 aromatic rings. The van der Waals surface area contributed by atoms with E-state index < -0.39 is 10.0 Å². The molecule has 2 unspecified atom stereocenters. The molecule has 1 aromatic carbocycles. The van der Waals surface area contributed by atoms with Crippen LogP contribution in [0.4, 0.5) is 0 Å². The highest BCUT2D eigenvalue weighted by Crippen LogP contribution is 2.15. The minimum atomic E-state index is -3.42. The Hall–Kier alpha value is -0.910. The second kappa shape index (κ2) is 6.50. The zero-order valence-electron chi connectivity index (χ0n) is 12.1. The molecule has 2 atom stereocenters. The first kappa shape index (κ1) is 16.1. The van der Waals surface area contributed by atoms with Gasteiger partial charge in [-0.25, -0.2) is 13.1 Å². The monoisotopic (exact) mass is 284 g/mol. The molecular weight excluding hydrogens is 260 g/mol. The number of hydrogen-bond donors (Lipinski definition) is 2. The minimum Gasteiger partial charge on any atom is -0.324 e. The average Bonchev–Trinajstić information content (AvgIpc) is 2.36. The Morgan fingerprint density at radius 1 is 1.11 bits per heavy atom. The van der Waals surface area contributed by atoms with E-state index in [1.54, 1.807) is 24.3 Å². The summed E-state index contributed by atoms with van der Waals surface area (Å²) in [5.74, 6) is 0.751. The largest absolute Gasteiger partial charge is 0.324 e. The molecule has 108 valence electrons. The second-order valence-corrected chi connectivity index (χ2v) is 7.20. The zero-order valence-corrected chi connectivity index (χ0v) is 12.9. The third kappa shape index (κ3) is 4.60. The molecule has 0 aromatic heterocycles. The van der Waals surface area contributed by atoms with Gasteiger partial charge in [-0.2, -0.15) is 0 Å². The number of nitrogens with two attached hydrogens (primary N) is 1. The lowest BCUT2D eigenvalue weighted by Crippen LogP contribution is -2.30. The molecule has 0 bridgehead atoms. The fourth-order valence-electron chi connectivity index (χ4n) is 1.51. The van der Waals surface area contributed by atoms with E-state index in [0.29, 0.717) is 18.4 Å². The Balaban J connectivity index is 2.77. The number of sulfonamides is 1. The van der Waals surface area contributed by atoms with Crippen molar-refractivity contribution in [2.75, 3.05) is 6.54 Å². The third-order valence-electron chi connectivity index (χ3n) is 3.45. The summed E-state index contributed by atoms with van der Waals surface area (Å²) < 4.78 is 26.8. The molecule has 0 saturated heterocycles. The van der Waals surface area contributed by atoms with Gasteiger partial charge in [-0.05, 0) is 36.5 Å². The molecule has 3 N–H and O–H groups in total. The molecule has 0 aliphatic rings. The van der Waals surface area contributed by atoms with Gasteiger partial charge >= 0.3 is 0 Å². The van der Waals surface area contributed by atoms with Crippen molar-refractivity contribution in [2.45, 2.75) is 38.6 Å². The molecule has 0 saturated carbocycles. The van der Waals surface area contributed by atoms with Gasteiger partial charge in [-0.1, -0.05) is 32.9 Å². The van der Waals surface area contributed by atoms with E-state index in [9.17, 15) is 8.42 Å². The van der Waals surface area contributed by atoms with Gasteiger partial charge in [0.05, 0.1) is 4.90 Å². The van der Waals surface area contributed by atoms with Crippen molar-refractivity contribution in [1.82, 2.24) is 4.72 Å². The second-order valence-electron chi connectivity index (χ2n) is 5.43. The van der Waals surface area contributed by atoms with Gasteiger partial charge < -0.3 is 5.73 Å². The van der Waals surface area contributed by atoms with E-state index >= 15 is 0 Å². The normalized spacial score (nSPS) is 15.5. The standard InChI is InChI=1S/C14H24N2O2S/c1-10(2)11(3)9-16-19(17,18)14-7-5-13(6-8-14)12(4)15/h5-8,10-12,16H,9,15H2,1-4H3. The summed E-state index contributed by atoms with van der Waals surface area (Å²) in [7, 11) is -3.42. The van der Waals surface area contributed by atoms with Gasteiger partial charge in [-0.15, -0.1) is 0 Å². The zero-order chi connectivity index (χ0) is 14.6. The summed E-state index contributed by atoms with van der Waals surface area (Å²) in [6, 6.07) is 6.61. The van der Waals surface area contributed by atoms with E-state index in [1.165, 1.54) is 0 Å². The molecular formula is C14H24N2O2S. The van der Waals surface area contributed by atoms with Crippen molar-refractivity contribution in [3.8, 4) is 0 Å². The highest BCUT2D eigenvalue weighted by molar-refractivity contribution is 7.89. The molecule has 19 heavy (non-hydrogen) atoms. The predicted molar refractivity (Wildman–Crippen MR) is 78.2 cm³/mol. The van der Waals surface area contributed by atoms with Crippen LogP contribution in [0.15, 0.2) is 29.2 Å². The Labute approximate surface area is 116 Å². The topological polar surface area (TPSA) is 72.2 Å². The molecule has 0 radical (unpaired) electrons. The fourth-order valence-corrected chi connectivity index (χ4v) is 2.65. The first-order chi connectivity index (χ1) is 8.74. The third-order valence-corrected chi connectivity index (χ3v) is 4.89. The summed E-state index contributed by atoms with van der Waals surface area (Å²) in [4.78, 5) is 0.285. The summed E-state index contributed by atoms with van der Waals surface area (Å²) in [6.07, 6.45) is 0. The van der Waals surface area contributed by atoms with Gasteiger partial charge in [-0.3, -0.25) is 0 Å². The first-order valence-corrected chi connectivity index (χ1v) is 8.07. The van der Waals surface area contributed by atoms with Crippen molar-refractivity contribution < 1.29 is 8.42 Å². The number of nitrogens with one attached hydrogen (secondary N) is 1. The SMILES string of the molecule is CC(N)c1ccc(S(=O)(=O)NCC(C)C(C)C)cc1. The van der Waals surface area contributed by atoms with Gasteiger partial charge in [0.15, 0.2) is 0 Å². The van der Waals surface area contributed by atoms with Crippen molar-refractivity contribution in [3.05, 3.63) is 29.8 Å². The average molecular weight is 284 g/mol. The maximum Gasteiger partial charge on any atom is 0.240 e. The van der Waals surface area contributed by atoms with Crippen LogP contribution in [0.3, 0.4) is 0 Å². The molecule has 0 amide bonds. The van der Waals surface area contributed by atoms with Crippen LogP contribution in [0.5, 0.6) is 0 Å². The molecule has 0 heterocycles. The Morgan fingerprint density at radius 3 is 2.05 bits per heavy atom. The molecule has 5 heteroatoms. The van der Waals surface area contributed by atoms with Gasteiger partial charge in [0.2, 0.25) is 10.0 Å². The summed E-state index contributed by atoms with van der Waals surface area (Å²) in [5.41, 5.74) is 6.66. The lowest BCUT2D eigenvalue weighted by molar-refractivity contribution is 0.414. The van der Waals surface area contributed by atoms with Crippen LogP contribution in [0, 0.1) is 11.8 Å². The first-order valence-electron chi connectivity index (χ1n) is 6.59. The maximum atomic E-state index is 12.1. The van der Waals surface area contributed by atoms with Crippen LogP contribution in [0.25, 0.3) is 0 Å². The predicted octanol–water partition coefficient (Wildman–Crippen LogP) is 2.28. The van der Waals surface area contributed by atoms with Crippen molar-refractivity contribution in [2.24, 2.45) is 17.6 Å². The van der Waals surface area contributed by atoms with Gasteiger partial charge in [0.25, 0.3) is 0 Å². The quantitative estimate of drug-likeness (QED) is 0.841. The Kier molecular flexibility index (Phi) is 5.52. The van der Waals surface area contributed by atoms with Crippen molar-refractivity contribution in [1.29, 1.82) is 0 Å². The highest BCUT2D eigenvalue weighted by Gasteiger charge is 2.16. The fraction of sp³-hybridized carbons (Fsp3) is 0.571. The van der Waals surface area contributed by atoms with Crippen molar-refractivity contribution in [3.63, 3.8) is 0 Å². The van der Waals surface area contributed by atoms with Crippen LogP contribution in [0.2, 0.25) is 0 Å².